The van der Waals surface area contributed by atoms with Gasteiger partial charge in [0.2, 0.25) is 0 Å². The van der Waals surface area contributed by atoms with E-state index in [-0.39, 0.29) is 5.91 Å². The highest BCUT2D eigenvalue weighted by atomic mass is 16.5. The number of carbonyl (C=O) groups is 1. The van der Waals surface area contributed by atoms with Gasteiger partial charge in [-0.25, -0.2) is 0 Å². The van der Waals surface area contributed by atoms with Crippen molar-refractivity contribution in [3.8, 4) is 0 Å². The highest BCUT2D eigenvalue weighted by Gasteiger charge is 2.18. The van der Waals surface area contributed by atoms with Crippen LogP contribution in [0.5, 0.6) is 0 Å². The first kappa shape index (κ1) is 12.4. The molecule has 1 amide bonds. The Morgan fingerprint density at radius 2 is 2.06 bits per heavy atom. The first-order valence-electron chi connectivity index (χ1n) is 5.96. The Balaban J connectivity index is 2.15. The van der Waals surface area contributed by atoms with Crippen LogP contribution < -0.4 is 0 Å². The molecule has 0 unspecified atom stereocenters. The van der Waals surface area contributed by atoms with Crippen LogP contribution in [0.4, 0.5) is 0 Å². The largest absolute Gasteiger partial charge is 0.364 e. The Bertz CT molecular complexity index is 520. The van der Waals surface area contributed by atoms with Crippen molar-refractivity contribution in [2.24, 2.45) is 0 Å². The van der Waals surface area contributed by atoms with E-state index in [0.717, 1.165) is 5.56 Å². The molecule has 0 fully saturated rings. The zero-order valence-electron chi connectivity index (χ0n) is 10.6. The monoisotopic (exact) mass is 244 g/mol. The maximum Gasteiger partial charge on any atom is 0.259 e. The number of carbonyl (C=O) groups excluding carboxylic acids is 1. The van der Waals surface area contributed by atoms with Crippen LogP contribution in [0.1, 0.15) is 28.5 Å². The SMILES string of the molecule is CCN(Cc1ccccc1)C(=O)c1conc1C. The molecule has 0 N–H and O–H groups in total. The first-order chi connectivity index (χ1) is 8.72. The van der Waals surface area contributed by atoms with E-state index in [9.17, 15) is 4.79 Å². The van der Waals surface area contributed by atoms with Gasteiger partial charge in [-0.05, 0) is 19.4 Å². The number of nitrogens with zero attached hydrogens (tertiary/aromatic N) is 2. The quantitative estimate of drug-likeness (QED) is 0.830. The zero-order chi connectivity index (χ0) is 13.0. The normalized spacial score (nSPS) is 10.3. The van der Waals surface area contributed by atoms with E-state index in [1.165, 1.54) is 6.26 Å². The molecule has 0 spiro atoms. The number of rotatable bonds is 4. The van der Waals surface area contributed by atoms with Gasteiger partial charge >= 0.3 is 0 Å². The van der Waals surface area contributed by atoms with Crippen LogP contribution in [0.2, 0.25) is 0 Å². The van der Waals surface area contributed by atoms with E-state index in [1.54, 1.807) is 11.8 Å². The molecule has 0 aliphatic carbocycles. The van der Waals surface area contributed by atoms with Gasteiger partial charge in [0.1, 0.15) is 11.8 Å². The number of hydrogen-bond donors (Lipinski definition) is 0. The van der Waals surface area contributed by atoms with Crippen molar-refractivity contribution in [2.75, 3.05) is 6.54 Å². The van der Waals surface area contributed by atoms with Gasteiger partial charge < -0.3 is 9.42 Å². The molecular weight excluding hydrogens is 228 g/mol. The molecule has 0 aliphatic rings. The van der Waals surface area contributed by atoms with Crippen molar-refractivity contribution < 1.29 is 9.32 Å². The van der Waals surface area contributed by atoms with Crippen molar-refractivity contribution in [3.05, 3.63) is 53.4 Å². The topological polar surface area (TPSA) is 46.3 Å². The summed E-state index contributed by atoms with van der Waals surface area (Å²) < 4.78 is 4.81. The molecule has 0 saturated carbocycles. The Kier molecular flexibility index (Phi) is 3.77. The second-order valence-corrected chi connectivity index (χ2v) is 4.12. The van der Waals surface area contributed by atoms with Crippen LogP contribution in [0, 0.1) is 6.92 Å². The minimum Gasteiger partial charge on any atom is -0.364 e. The molecular formula is C14H16N2O2. The van der Waals surface area contributed by atoms with Gasteiger partial charge in [-0.15, -0.1) is 0 Å². The fraction of sp³-hybridized carbons (Fsp3) is 0.286. The third-order valence-electron chi connectivity index (χ3n) is 2.87. The lowest BCUT2D eigenvalue weighted by Gasteiger charge is -2.20. The molecule has 18 heavy (non-hydrogen) atoms. The van der Waals surface area contributed by atoms with Crippen LogP contribution in [-0.4, -0.2) is 22.5 Å². The number of aryl methyl sites for hydroxylation is 1. The van der Waals surface area contributed by atoms with E-state index in [4.69, 9.17) is 4.52 Å². The molecule has 0 bridgehead atoms. The predicted molar refractivity (Wildman–Crippen MR) is 68.1 cm³/mol. The molecule has 2 rings (SSSR count). The lowest BCUT2D eigenvalue weighted by molar-refractivity contribution is 0.0751. The number of amides is 1. The maximum atomic E-state index is 12.3. The van der Waals surface area contributed by atoms with Gasteiger partial charge in [-0.1, -0.05) is 35.5 Å². The molecule has 94 valence electrons. The summed E-state index contributed by atoms with van der Waals surface area (Å²) in [6, 6.07) is 9.93. The van der Waals surface area contributed by atoms with Gasteiger partial charge in [-0.3, -0.25) is 4.79 Å². The average Bonchev–Trinajstić information content (AvgIpc) is 2.82. The van der Waals surface area contributed by atoms with Crippen LogP contribution in [0.15, 0.2) is 41.1 Å². The van der Waals surface area contributed by atoms with Crippen molar-refractivity contribution >= 4 is 5.91 Å². The first-order valence-corrected chi connectivity index (χ1v) is 5.96. The minimum absolute atomic E-state index is 0.0416. The number of aromatic nitrogens is 1. The van der Waals surface area contributed by atoms with Gasteiger partial charge in [0.05, 0.1) is 5.69 Å². The third kappa shape index (κ3) is 2.59. The Morgan fingerprint density at radius 3 is 2.61 bits per heavy atom. The summed E-state index contributed by atoms with van der Waals surface area (Å²) in [5.41, 5.74) is 2.28. The van der Waals surface area contributed by atoms with Crippen LogP contribution in [0.25, 0.3) is 0 Å². The minimum atomic E-state index is -0.0416. The molecule has 1 aromatic carbocycles. The van der Waals surface area contributed by atoms with Crippen molar-refractivity contribution in [1.29, 1.82) is 0 Å². The van der Waals surface area contributed by atoms with Gasteiger partial charge in [0, 0.05) is 13.1 Å². The van der Waals surface area contributed by atoms with E-state index >= 15 is 0 Å². The van der Waals surface area contributed by atoms with Gasteiger partial charge in [-0.2, -0.15) is 0 Å². The smallest absolute Gasteiger partial charge is 0.259 e. The molecule has 4 heteroatoms. The fourth-order valence-electron chi connectivity index (χ4n) is 1.80. The summed E-state index contributed by atoms with van der Waals surface area (Å²) >= 11 is 0. The van der Waals surface area contributed by atoms with Crippen LogP contribution in [0.3, 0.4) is 0 Å². The predicted octanol–water partition coefficient (Wildman–Crippen LogP) is 2.65. The zero-order valence-corrected chi connectivity index (χ0v) is 10.6. The Morgan fingerprint density at radius 1 is 1.33 bits per heavy atom. The van der Waals surface area contributed by atoms with Crippen molar-refractivity contribution in [3.63, 3.8) is 0 Å². The molecule has 0 aliphatic heterocycles. The molecule has 0 radical (unpaired) electrons. The van der Waals surface area contributed by atoms with E-state index in [1.807, 2.05) is 37.3 Å². The summed E-state index contributed by atoms with van der Waals surface area (Å²) in [6.45, 7) is 4.98. The highest BCUT2D eigenvalue weighted by molar-refractivity contribution is 5.94. The average molecular weight is 244 g/mol. The van der Waals surface area contributed by atoms with E-state index < -0.39 is 0 Å². The van der Waals surface area contributed by atoms with E-state index in [2.05, 4.69) is 5.16 Å². The standard InChI is InChI=1S/C14H16N2O2/c1-3-16(9-12-7-5-4-6-8-12)14(17)13-10-18-15-11(13)2/h4-8,10H,3,9H2,1-2H3. The Hall–Kier alpha value is -2.10. The molecule has 0 atom stereocenters. The molecule has 1 heterocycles. The summed E-state index contributed by atoms with van der Waals surface area (Å²) in [6.07, 6.45) is 1.41. The second kappa shape index (κ2) is 5.49. The summed E-state index contributed by atoms with van der Waals surface area (Å²) in [5.74, 6) is -0.0416. The fourth-order valence-corrected chi connectivity index (χ4v) is 1.80. The number of benzene rings is 1. The van der Waals surface area contributed by atoms with Crippen molar-refractivity contribution in [1.82, 2.24) is 10.1 Å². The highest BCUT2D eigenvalue weighted by Crippen LogP contribution is 2.12. The maximum absolute atomic E-state index is 12.3. The summed E-state index contributed by atoms with van der Waals surface area (Å²) in [7, 11) is 0. The lowest BCUT2D eigenvalue weighted by Crippen LogP contribution is -2.30. The van der Waals surface area contributed by atoms with Gasteiger partial charge in [0.15, 0.2) is 0 Å². The van der Waals surface area contributed by atoms with Crippen molar-refractivity contribution in [2.45, 2.75) is 20.4 Å². The lowest BCUT2D eigenvalue weighted by atomic mass is 10.2. The summed E-state index contributed by atoms with van der Waals surface area (Å²) in [5, 5.41) is 3.74. The second-order valence-electron chi connectivity index (χ2n) is 4.12. The molecule has 2 aromatic rings. The number of hydrogen-bond acceptors (Lipinski definition) is 3. The summed E-state index contributed by atoms with van der Waals surface area (Å²) in [4.78, 5) is 14.1. The molecule has 0 saturated heterocycles. The Labute approximate surface area is 106 Å². The third-order valence-corrected chi connectivity index (χ3v) is 2.87. The van der Waals surface area contributed by atoms with Crippen LogP contribution in [-0.2, 0) is 6.54 Å². The van der Waals surface area contributed by atoms with E-state index in [0.29, 0.717) is 24.3 Å². The molecule has 1 aromatic heterocycles. The van der Waals surface area contributed by atoms with Gasteiger partial charge in [0.25, 0.3) is 5.91 Å². The molecule has 4 nitrogen and oxygen atoms in total. The van der Waals surface area contributed by atoms with Crippen LogP contribution >= 0.6 is 0 Å².